The van der Waals surface area contributed by atoms with E-state index in [1.807, 2.05) is 31.2 Å². The summed E-state index contributed by atoms with van der Waals surface area (Å²) in [4.78, 5) is 24.7. The van der Waals surface area contributed by atoms with Crippen molar-refractivity contribution in [3.05, 3.63) is 75.1 Å². The molecule has 0 aliphatic rings. The number of hydrogen-bond donors (Lipinski definition) is 1. The largest absolute Gasteiger partial charge is 0.352 e. The minimum absolute atomic E-state index is 0.0160. The van der Waals surface area contributed by atoms with Crippen molar-refractivity contribution >= 4 is 32.6 Å². The Bertz CT molecular complexity index is 967. The molecule has 1 unspecified atom stereocenters. The van der Waals surface area contributed by atoms with Gasteiger partial charge < -0.3 is 5.32 Å². The average Bonchev–Trinajstić information content (AvgIpc) is 2.64. The Morgan fingerprint density at radius 2 is 1.92 bits per heavy atom. The predicted octanol–water partition coefficient (Wildman–Crippen LogP) is 3.30. The summed E-state index contributed by atoms with van der Waals surface area (Å²) in [5.74, 6) is -0.210. The molecule has 0 radical (unpaired) electrons. The van der Waals surface area contributed by atoms with E-state index in [4.69, 9.17) is 0 Å². The number of aromatic nitrogens is 2. The number of carbonyl (C=O) groups is 1. The van der Waals surface area contributed by atoms with Crippen molar-refractivity contribution in [1.82, 2.24) is 15.1 Å². The number of benzene rings is 2. The molecule has 5 nitrogen and oxygen atoms in total. The Kier molecular flexibility index (Phi) is 5.83. The molecular formula is C20H20BrN3O2. The Morgan fingerprint density at radius 3 is 2.69 bits per heavy atom. The fourth-order valence-electron chi connectivity index (χ4n) is 2.80. The van der Waals surface area contributed by atoms with Gasteiger partial charge in [0, 0.05) is 15.9 Å². The molecule has 0 spiro atoms. The number of carbonyl (C=O) groups excluding carboxylic acids is 1. The zero-order chi connectivity index (χ0) is 18.5. The van der Waals surface area contributed by atoms with Crippen molar-refractivity contribution in [1.29, 1.82) is 0 Å². The highest BCUT2D eigenvalue weighted by atomic mass is 79.9. The smallest absolute Gasteiger partial charge is 0.275 e. The van der Waals surface area contributed by atoms with E-state index in [1.54, 1.807) is 18.3 Å². The van der Waals surface area contributed by atoms with E-state index in [-0.39, 0.29) is 24.1 Å². The van der Waals surface area contributed by atoms with Gasteiger partial charge in [-0.25, -0.2) is 4.68 Å². The molecule has 1 amide bonds. The van der Waals surface area contributed by atoms with Crippen LogP contribution in [0.5, 0.6) is 0 Å². The lowest BCUT2D eigenvalue weighted by molar-refractivity contribution is -0.122. The molecule has 0 bridgehead atoms. The number of fused-ring (bicyclic) bond motifs is 1. The molecule has 6 heteroatoms. The van der Waals surface area contributed by atoms with Crippen LogP contribution in [0.2, 0.25) is 0 Å². The number of nitrogens with zero attached hydrogens (tertiary/aromatic N) is 2. The molecule has 0 aliphatic carbocycles. The van der Waals surface area contributed by atoms with Crippen molar-refractivity contribution in [2.75, 3.05) is 0 Å². The third-order valence-corrected chi connectivity index (χ3v) is 4.77. The zero-order valence-electron chi connectivity index (χ0n) is 14.5. The minimum Gasteiger partial charge on any atom is -0.352 e. The third-order valence-electron chi connectivity index (χ3n) is 4.24. The standard InChI is InChI=1S/C20H20BrN3O2/c1-14(6-7-15-8-10-17(21)11-9-15)23-19(25)13-24-20(26)18-5-3-2-4-16(18)12-22-24/h2-5,8-12,14H,6-7,13H2,1H3,(H,23,25). The van der Waals surface area contributed by atoms with Crippen LogP contribution in [0.4, 0.5) is 0 Å². The summed E-state index contributed by atoms with van der Waals surface area (Å²) >= 11 is 3.42. The van der Waals surface area contributed by atoms with Crippen molar-refractivity contribution in [2.24, 2.45) is 0 Å². The maximum Gasteiger partial charge on any atom is 0.275 e. The predicted molar refractivity (Wildman–Crippen MR) is 106 cm³/mol. The summed E-state index contributed by atoms with van der Waals surface area (Å²) in [5, 5.41) is 8.37. The molecule has 0 aliphatic heterocycles. The van der Waals surface area contributed by atoms with Gasteiger partial charge in [0.15, 0.2) is 0 Å². The number of rotatable bonds is 6. The average molecular weight is 414 g/mol. The van der Waals surface area contributed by atoms with Gasteiger partial charge in [0.1, 0.15) is 6.54 Å². The van der Waals surface area contributed by atoms with Crippen molar-refractivity contribution < 1.29 is 4.79 Å². The summed E-state index contributed by atoms with van der Waals surface area (Å²) in [6, 6.07) is 15.4. The Hall–Kier alpha value is -2.47. The first-order valence-corrected chi connectivity index (χ1v) is 9.31. The van der Waals surface area contributed by atoms with Gasteiger partial charge in [-0.05, 0) is 43.5 Å². The van der Waals surface area contributed by atoms with Crippen LogP contribution >= 0.6 is 15.9 Å². The van der Waals surface area contributed by atoms with Crippen molar-refractivity contribution in [3.8, 4) is 0 Å². The fraction of sp³-hybridized carbons (Fsp3) is 0.250. The monoisotopic (exact) mass is 413 g/mol. The first kappa shape index (κ1) is 18.3. The van der Waals surface area contributed by atoms with Crippen LogP contribution in [0, 0.1) is 0 Å². The number of amides is 1. The minimum atomic E-state index is -0.249. The zero-order valence-corrected chi connectivity index (χ0v) is 16.1. The van der Waals surface area contributed by atoms with Gasteiger partial charge in [-0.3, -0.25) is 9.59 Å². The van der Waals surface area contributed by atoms with E-state index in [1.165, 1.54) is 10.2 Å². The lowest BCUT2D eigenvalue weighted by Crippen LogP contribution is -2.38. The molecular weight excluding hydrogens is 394 g/mol. The number of halogens is 1. The highest BCUT2D eigenvalue weighted by Gasteiger charge is 2.11. The normalized spacial score (nSPS) is 12.1. The van der Waals surface area contributed by atoms with Crippen LogP contribution in [0.15, 0.2) is 64.0 Å². The summed E-state index contributed by atoms with van der Waals surface area (Å²) in [6.45, 7) is 1.89. The second kappa shape index (κ2) is 8.27. The molecule has 3 aromatic rings. The quantitative estimate of drug-likeness (QED) is 0.673. The Balaban J connectivity index is 1.57. The number of aryl methyl sites for hydroxylation is 1. The second-order valence-corrected chi connectivity index (χ2v) is 7.24. The van der Waals surface area contributed by atoms with Gasteiger partial charge in [-0.1, -0.05) is 46.3 Å². The number of hydrogen-bond acceptors (Lipinski definition) is 3. The molecule has 0 fully saturated rings. The maximum atomic E-state index is 12.4. The SMILES string of the molecule is CC(CCc1ccc(Br)cc1)NC(=O)Cn1ncc2ccccc2c1=O. The summed E-state index contributed by atoms with van der Waals surface area (Å²) in [6.07, 6.45) is 3.32. The highest BCUT2D eigenvalue weighted by Crippen LogP contribution is 2.12. The summed E-state index contributed by atoms with van der Waals surface area (Å²) < 4.78 is 2.26. The lowest BCUT2D eigenvalue weighted by Gasteiger charge is -2.14. The van der Waals surface area contributed by atoms with E-state index >= 15 is 0 Å². The van der Waals surface area contributed by atoms with E-state index in [0.29, 0.717) is 5.39 Å². The Morgan fingerprint density at radius 1 is 1.19 bits per heavy atom. The van der Waals surface area contributed by atoms with Gasteiger partial charge in [0.2, 0.25) is 5.91 Å². The van der Waals surface area contributed by atoms with Crippen molar-refractivity contribution in [3.63, 3.8) is 0 Å². The van der Waals surface area contributed by atoms with E-state index in [0.717, 1.165) is 22.7 Å². The van der Waals surface area contributed by atoms with Gasteiger partial charge in [0.05, 0.1) is 11.6 Å². The molecule has 0 saturated carbocycles. The topological polar surface area (TPSA) is 64.0 Å². The first-order valence-electron chi connectivity index (χ1n) is 8.51. The molecule has 1 aromatic heterocycles. The van der Waals surface area contributed by atoms with Gasteiger partial charge in [0.25, 0.3) is 5.56 Å². The summed E-state index contributed by atoms with van der Waals surface area (Å²) in [5.41, 5.74) is 0.975. The van der Waals surface area contributed by atoms with Crippen LogP contribution in [-0.4, -0.2) is 21.7 Å². The number of nitrogens with one attached hydrogen (secondary N) is 1. The molecule has 1 N–H and O–H groups in total. The Labute approximate surface area is 160 Å². The van der Waals surface area contributed by atoms with E-state index in [2.05, 4.69) is 38.5 Å². The molecule has 26 heavy (non-hydrogen) atoms. The maximum absolute atomic E-state index is 12.4. The van der Waals surface area contributed by atoms with Crippen LogP contribution in [-0.2, 0) is 17.8 Å². The van der Waals surface area contributed by atoms with Gasteiger partial charge in [-0.2, -0.15) is 5.10 Å². The van der Waals surface area contributed by atoms with Crippen LogP contribution in [0.3, 0.4) is 0 Å². The second-order valence-electron chi connectivity index (χ2n) is 6.33. The van der Waals surface area contributed by atoms with E-state index in [9.17, 15) is 9.59 Å². The first-order chi connectivity index (χ1) is 12.5. The van der Waals surface area contributed by atoms with Crippen LogP contribution < -0.4 is 10.9 Å². The molecule has 0 saturated heterocycles. The molecule has 1 heterocycles. The molecule has 3 rings (SSSR count). The van der Waals surface area contributed by atoms with Crippen molar-refractivity contribution in [2.45, 2.75) is 32.4 Å². The van der Waals surface area contributed by atoms with Gasteiger partial charge >= 0.3 is 0 Å². The van der Waals surface area contributed by atoms with E-state index < -0.39 is 0 Å². The molecule has 2 aromatic carbocycles. The molecule has 1 atom stereocenters. The lowest BCUT2D eigenvalue weighted by atomic mass is 10.1. The van der Waals surface area contributed by atoms with Crippen LogP contribution in [0.1, 0.15) is 18.9 Å². The summed E-state index contributed by atoms with van der Waals surface area (Å²) in [7, 11) is 0. The van der Waals surface area contributed by atoms with Gasteiger partial charge in [-0.15, -0.1) is 0 Å². The third kappa shape index (κ3) is 4.58. The molecule has 134 valence electrons. The fourth-order valence-corrected chi connectivity index (χ4v) is 3.07. The van der Waals surface area contributed by atoms with Crippen LogP contribution in [0.25, 0.3) is 10.8 Å². The highest BCUT2D eigenvalue weighted by molar-refractivity contribution is 9.10.